The Balaban J connectivity index is 1.74. The average Bonchev–Trinajstić information content (AvgIpc) is 3.47. The second kappa shape index (κ2) is 14.2. The number of nitrogens with zero attached hydrogens (tertiary/aromatic N) is 4. The Morgan fingerprint density at radius 1 is 1.06 bits per heavy atom. The number of aliphatic hydroxyl groups is 1. The Kier molecular flexibility index (Phi) is 10.8. The molecule has 5 rings (SSSR count). The van der Waals surface area contributed by atoms with Gasteiger partial charge in [0.1, 0.15) is 0 Å². The number of methoxy groups -OCH3 is 1. The molecule has 12 heteroatoms. The Hall–Kier alpha value is -3.16. The second-order valence-corrected chi connectivity index (χ2v) is 15.5. The number of carboxylic acid groups (broad SMARTS) is 1. The van der Waals surface area contributed by atoms with E-state index in [1.165, 1.54) is 4.90 Å². The van der Waals surface area contributed by atoms with E-state index in [4.69, 9.17) is 23.8 Å². The van der Waals surface area contributed by atoms with E-state index in [1.54, 1.807) is 7.11 Å². The smallest absolute Gasteiger partial charge is 0.465 e. The van der Waals surface area contributed by atoms with Gasteiger partial charge in [0.2, 0.25) is 0 Å². The highest BCUT2D eigenvalue weighted by Crippen LogP contribution is 2.42. The minimum absolute atomic E-state index is 0.0139. The van der Waals surface area contributed by atoms with Gasteiger partial charge in [-0.2, -0.15) is 0 Å². The molecule has 3 aromatic rings. The summed E-state index contributed by atoms with van der Waals surface area (Å²) in [6, 6.07) is 8.59. The monoisotopic (exact) mass is 678 g/mol. The molecule has 0 spiro atoms. The predicted molar refractivity (Wildman–Crippen MR) is 194 cm³/mol. The molecule has 2 fully saturated rings. The zero-order valence-corrected chi connectivity index (χ0v) is 31.0. The third-order valence-electron chi connectivity index (χ3n) is 10.4. The number of hydrogen-bond donors (Lipinski definition) is 2. The summed E-state index contributed by atoms with van der Waals surface area (Å²) in [5, 5.41) is 21.1. The Morgan fingerprint density at radius 2 is 1.71 bits per heavy atom. The number of aromatic nitrogens is 2. The van der Waals surface area contributed by atoms with E-state index in [-0.39, 0.29) is 18.8 Å². The summed E-state index contributed by atoms with van der Waals surface area (Å²) in [6.07, 6.45) is 1.35. The van der Waals surface area contributed by atoms with Gasteiger partial charge >= 0.3 is 13.2 Å². The Bertz CT molecular complexity index is 1630. The molecule has 0 saturated carbocycles. The molecule has 0 unspecified atom stereocenters. The van der Waals surface area contributed by atoms with Crippen molar-refractivity contribution in [2.75, 3.05) is 51.4 Å². The number of anilines is 1. The van der Waals surface area contributed by atoms with Crippen LogP contribution in [0.15, 0.2) is 30.5 Å². The van der Waals surface area contributed by atoms with E-state index in [1.807, 2.05) is 27.0 Å². The SMILES string of the molecule is CO[C@@H](C)c1ncc(N2CCN(C(=O)O)CC2)cc1-c1c(CC(C)(C)CO)c2cc(B3OC(C)(C)C(C)(C)O3)ccc2n1CCOC(C)C. The van der Waals surface area contributed by atoms with Crippen LogP contribution in [0.5, 0.6) is 0 Å². The molecule has 2 aliphatic rings. The molecule has 2 aliphatic heterocycles. The maximum absolute atomic E-state index is 11.6. The first-order valence-corrected chi connectivity index (χ1v) is 17.5. The number of piperazine rings is 1. The lowest BCUT2D eigenvalue weighted by Crippen LogP contribution is -2.48. The van der Waals surface area contributed by atoms with Crippen molar-refractivity contribution in [1.29, 1.82) is 0 Å². The van der Waals surface area contributed by atoms with E-state index < -0.39 is 29.8 Å². The predicted octanol–water partition coefficient (Wildman–Crippen LogP) is 5.50. The van der Waals surface area contributed by atoms with Crippen LogP contribution in [-0.2, 0) is 31.7 Å². The molecule has 1 aromatic carbocycles. The van der Waals surface area contributed by atoms with Crippen LogP contribution in [0.3, 0.4) is 0 Å². The number of aliphatic hydroxyl groups excluding tert-OH is 1. The van der Waals surface area contributed by atoms with Crippen LogP contribution in [0.4, 0.5) is 10.5 Å². The third kappa shape index (κ3) is 7.63. The summed E-state index contributed by atoms with van der Waals surface area (Å²) >= 11 is 0. The van der Waals surface area contributed by atoms with Crippen LogP contribution in [0.25, 0.3) is 22.2 Å². The largest absolute Gasteiger partial charge is 0.494 e. The molecule has 0 radical (unpaired) electrons. The minimum Gasteiger partial charge on any atom is -0.465 e. The normalized spacial score (nSPS) is 18.6. The molecule has 2 N–H and O–H groups in total. The second-order valence-electron chi connectivity index (χ2n) is 15.5. The Morgan fingerprint density at radius 3 is 2.29 bits per heavy atom. The molecule has 268 valence electrons. The van der Waals surface area contributed by atoms with Crippen molar-refractivity contribution in [3.8, 4) is 11.3 Å². The summed E-state index contributed by atoms with van der Waals surface area (Å²) in [7, 11) is 1.16. The Labute approximate surface area is 291 Å². The fraction of sp³-hybridized carbons (Fsp3) is 0.622. The molecule has 0 bridgehead atoms. The first-order valence-electron chi connectivity index (χ1n) is 17.5. The zero-order chi connectivity index (χ0) is 35.9. The van der Waals surface area contributed by atoms with Crippen molar-refractivity contribution in [1.82, 2.24) is 14.5 Å². The molecule has 2 saturated heterocycles. The highest BCUT2D eigenvalue weighted by atomic mass is 16.7. The number of ether oxygens (including phenoxy) is 2. The van der Waals surface area contributed by atoms with Crippen molar-refractivity contribution in [2.45, 2.75) is 98.7 Å². The van der Waals surface area contributed by atoms with Gasteiger partial charge in [0.05, 0.1) is 53.3 Å². The van der Waals surface area contributed by atoms with Crippen LogP contribution in [-0.4, -0.2) is 102 Å². The van der Waals surface area contributed by atoms with E-state index in [2.05, 4.69) is 75.3 Å². The average molecular weight is 679 g/mol. The first-order chi connectivity index (χ1) is 23.0. The highest BCUT2D eigenvalue weighted by molar-refractivity contribution is 6.62. The van der Waals surface area contributed by atoms with Gasteiger partial charge in [-0.3, -0.25) is 4.98 Å². The van der Waals surface area contributed by atoms with Gasteiger partial charge in [0, 0.05) is 62.9 Å². The van der Waals surface area contributed by atoms with Crippen molar-refractivity contribution in [3.63, 3.8) is 0 Å². The van der Waals surface area contributed by atoms with Crippen LogP contribution in [0.1, 0.15) is 79.7 Å². The van der Waals surface area contributed by atoms with E-state index >= 15 is 0 Å². The molecule has 0 aliphatic carbocycles. The summed E-state index contributed by atoms with van der Waals surface area (Å²) in [5.41, 5.74) is 5.37. The maximum Gasteiger partial charge on any atom is 0.494 e. The summed E-state index contributed by atoms with van der Waals surface area (Å²) in [4.78, 5) is 20.3. The van der Waals surface area contributed by atoms with Gasteiger partial charge < -0.3 is 43.4 Å². The van der Waals surface area contributed by atoms with E-state index in [9.17, 15) is 15.0 Å². The van der Waals surface area contributed by atoms with Gasteiger partial charge in [0.25, 0.3) is 0 Å². The third-order valence-corrected chi connectivity index (χ3v) is 10.4. The minimum atomic E-state index is -0.896. The molecular weight excluding hydrogens is 623 g/mol. The number of fused-ring (bicyclic) bond motifs is 1. The lowest BCUT2D eigenvalue weighted by Gasteiger charge is -2.35. The van der Waals surface area contributed by atoms with Crippen LogP contribution in [0, 0.1) is 5.41 Å². The standard InChI is InChI=1S/C37H55BN4O7/c1-24(2)47-18-17-42-31-12-11-26(38-48-36(6,7)37(8,9)49-38)19-28(31)30(21-35(4,5)23-43)33(42)29-20-27(22-39-32(29)25(3)46-10)40-13-15-41(16-14-40)34(44)45/h11-12,19-20,22,24-25,43H,13-18,21,23H2,1-10H3,(H,44,45)/t25-/m0/s1. The summed E-state index contributed by atoms with van der Waals surface area (Å²) in [6.45, 7) is 21.6. The molecule has 1 amide bonds. The number of carbonyl (C=O) groups is 1. The number of benzene rings is 1. The molecule has 11 nitrogen and oxygen atoms in total. The van der Waals surface area contributed by atoms with Gasteiger partial charge in [-0.1, -0.05) is 26.0 Å². The number of rotatable bonds is 12. The van der Waals surface area contributed by atoms with Gasteiger partial charge in [-0.25, -0.2) is 4.79 Å². The molecule has 49 heavy (non-hydrogen) atoms. The molecule has 2 aromatic heterocycles. The van der Waals surface area contributed by atoms with E-state index in [0.717, 1.165) is 44.6 Å². The molecule has 4 heterocycles. The lowest BCUT2D eigenvalue weighted by atomic mass is 9.77. The van der Waals surface area contributed by atoms with Crippen LogP contribution >= 0.6 is 0 Å². The van der Waals surface area contributed by atoms with Crippen molar-refractivity contribution < 1.29 is 33.8 Å². The quantitative estimate of drug-likeness (QED) is 0.240. The maximum atomic E-state index is 11.6. The number of amides is 1. The van der Waals surface area contributed by atoms with Gasteiger partial charge in [0.15, 0.2) is 0 Å². The van der Waals surface area contributed by atoms with Crippen LogP contribution in [0.2, 0.25) is 0 Å². The topological polar surface area (TPSA) is 119 Å². The fourth-order valence-corrected chi connectivity index (χ4v) is 6.62. The van der Waals surface area contributed by atoms with Crippen molar-refractivity contribution in [2.24, 2.45) is 5.41 Å². The molecular formula is C37H55BN4O7. The number of pyridine rings is 1. The zero-order valence-electron chi connectivity index (χ0n) is 31.0. The van der Waals surface area contributed by atoms with Crippen molar-refractivity contribution >= 4 is 35.3 Å². The summed E-state index contributed by atoms with van der Waals surface area (Å²) < 4.78 is 27.3. The number of hydrogen-bond acceptors (Lipinski definition) is 8. The fourth-order valence-electron chi connectivity index (χ4n) is 6.62. The molecule has 1 atom stereocenters. The first kappa shape index (κ1) is 37.1. The van der Waals surface area contributed by atoms with Gasteiger partial charge in [-0.05, 0) is 83.5 Å². The van der Waals surface area contributed by atoms with E-state index in [0.29, 0.717) is 45.8 Å². The summed E-state index contributed by atoms with van der Waals surface area (Å²) in [5.74, 6) is 0. The highest BCUT2D eigenvalue weighted by Gasteiger charge is 2.51. The van der Waals surface area contributed by atoms with Crippen molar-refractivity contribution in [3.05, 3.63) is 41.7 Å². The van der Waals surface area contributed by atoms with Gasteiger partial charge in [-0.15, -0.1) is 0 Å². The van der Waals surface area contributed by atoms with Crippen LogP contribution < -0.4 is 10.4 Å². The lowest BCUT2D eigenvalue weighted by molar-refractivity contribution is 0.00578.